The molecule has 0 spiro atoms. The Hall–Kier alpha value is -1.57. The van der Waals surface area contributed by atoms with Gasteiger partial charge in [0.25, 0.3) is 0 Å². The van der Waals surface area contributed by atoms with Gasteiger partial charge in [0.15, 0.2) is 11.6 Å². The number of rotatable bonds is 2. The van der Waals surface area contributed by atoms with Gasteiger partial charge < -0.3 is 4.90 Å². The SMILES string of the molecule is O=C(C1CCNN1)N1C[C@H](c2cccc(F)c2F)[C@@H]2[C@H]1C1CCN2CC1. The molecule has 0 saturated carbocycles. The molecule has 5 saturated heterocycles. The maximum absolute atomic E-state index is 14.6. The summed E-state index contributed by atoms with van der Waals surface area (Å²) in [5, 5.41) is 0. The lowest BCUT2D eigenvalue weighted by molar-refractivity contribution is -0.138. The summed E-state index contributed by atoms with van der Waals surface area (Å²) in [5.41, 5.74) is 6.50. The summed E-state index contributed by atoms with van der Waals surface area (Å²) < 4.78 is 28.4. The van der Waals surface area contributed by atoms with Crippen LogP contribution in [0.5, 0.6) is 0 Å². The molecule has 5 heterocycles. The van der Waals surface area contributed by atoms with Gasteiger partial charge in [0.05, 0.1) is 6.04 Å². The number of carbonyl (C=O) groups excluding carboxylic acids is 1. The van der Waals surface area contributed by atoms with Crippen molar-refractivity contribution in [1.82, 2.24) is 20.7 Å². The van der Waals surface area contributed by atoms with E-state index < -0.39 is 11.6 Å². The lowest BCUT2D eigenvalue weighted by atomic mass is 9.75. The van der Waals surface area contributed by atoms with Gasteiger partial charge >= 0.3 is 0 Å². The molecule has 0 aliphatic carbocycles. The molecule has 1 unspecified atom stereocenters. The smallest absolute Gasteiger partial charge is 0.241 e. The van der Waals surface area contributed by atoms with Crippen LogP contribution in [-0.2, 0) is 4.79 Å². The first-order chi connectivity index (χ1) is 12.6. The molecule has 5 aliphatic rings. The van der Waals surface area contributed by atoms with Crippen LogP contribution in [0.3, 0.4) is 0 Å². The third-order valence-electron chi connectivity index (χ3n) is 6.79. The maximum atomic E-state index is 14.6. The largest absolute Gasteiger partial charge is 0.336 e. The highest BCUT2D eigenvalue weighted by Gasteiger charge is 2.55. The first kappa shape index (κ1) is 16.6. The van der Waals surface area contributed by atoms with Crippen LogP contribution < -0.4 is 10.9 Å². The van der Waals surface area contributed by atoms with Crippen molar-refractivity contribution in [2.45, 2.75) is 43.3 Å². The molecular weight excluding hydrogens is 338 g/mol. The number of piperidine rings is 3. The van der Waals surface area contributed by atoms with Gasteiger partial charge in [-0.25, -0.2) is 14.2 Å². The van der Waals surface area contributed by atoms with Crippen LogP contribution in [0.1, 0.15) is 30.7 Å². The van der Waals surface area contributed by atoms with E-state index in [1.807, 2.05) is 4.90 Å². The molecule has 1 aromatic carbocycles. The molecule has 0 aromatic heterocycles. The van der Waals surface area contributed by atoms with Crippen LogP contribution >= 0.6 is 0 Å². The predicted octanol–water partition coefficient (Wildman–Crippen LogP) is 1.22. The fourth-order valence-electron chi connectivity index (χ4n) is 5.62. The lowest BCUT2D eigenvalue weighted by Gasteiger charge is -2.51. The second-order valence-corrected chi connectivity index (χ2v) is 8.01. The first-order valence-corrected chi connectivity index (χ1v) is 9.62. The Morgan fingerprint density at radius 1 is 1.12 bits per heavy atom. The summed E-state index contributed by atoms with van der Waals surface area (Å²) in [6.45, 7) is 3.23. The van der Waals surface area contributed by atoms with Crippen LogP contribution in [0.25, 0.3) is 0 Å². The number of benzene rings is 1. The molecule has 2 N–H and O–H groups in total. The Bertz CT molecular complexity index is 715. The number of amides is 1. The predicted molar refractivity (Wildman–Crippen MR) is 92.2 cm³/mol. The number of likely N-dealkylation sites (tertiary alicyclic amines) is 1. The molecule has 4 atom stereocenters. The highest BCUT2D eigenvalue weighted by Crippen LogP contribution is 2.47. The molecule has 0 radical (unpaired) electrons. The number of carbonyl (C=O) groups is 1. The van der Waals surface area contributed by atoms with Gasteiger partial charge in [0, 0.05) is 25.0 Å². The average molecular weight is 362 g/mol. The molecule has 1 aromatic rings. The zero-order valence-corrected chi connectivity index (χ0v) is 14.6. The lowest BCUT2D eigenvalue weighted by Crippen LogP contribution is -2.62. The molecule has 5 aliphatic heterocycles. The van der Waals surface area contributed by atoms with Gasteiger partial charge in [-0.2, -0.15) is 0 Å². The standard InChI is InChI=1S/C19H24F2N4O/c20-14-3-1-2-12(16(14)21)13-10-25(19(26)15-4-7-22-23-15)17-11-5-8-24(9-6-11)18(13)17/h1-3,11,13,15,17-18,22-23H,4-10H2/t13-,15?,17-,18-/m1/s1. The minimum absolute atomic E-state index is 0.0945. The number of halogens is 2. The third kappa shape index (κ3) is 2.41. The van der Waals surface area contributed by atoms with Gasteiger partial charge in [0.1, 0.15) is 6.04 Å². The van der Waals surface area contributed by atoms with E-state index in [9.17, 15) is 13.6 Å². The Morgan fingerprint density at radius 2 is 1.92 bits per heavy atom. The van der Waals surface area contributed by atoms with Crippen LogP contribution in [-0.4, -0.2) is 60.0 Å². The summed E-state index contributed by atoms with van der Waals surface area (Å²) in [7, 11) is 0. The van der Waals surface area contributed by atoms with E-state index in [-0.39, 0.29) is 30.0 Å². The second-order valence-electron chi connectivity index (χ2n) is 8.01. The van der Waals surface area contributed by atoms with Crippen LogP contribution in [0.15, 0.2) is 18.2 Å². The molecule has 1 amide bonds. The average Bonchev–Trinajstić information content (AvgIpc) is 3.33. The van der Waals surface area contributed by atoms with Crippen molar-refractivity contribution in [1.29, 1.82) is 0 Å². The molecule has 6 rings (SSSR count). The zero-order chi connectivity index (χ0) is 17.8. The Morgan fingerprint density at radius 3 is 2.65 bits per heavy atom. The molecule has 26 heavy (non-hydrogen) atoms. The zero-order valence-electron chi connectivity index (χ0n) is 14.6. The minimum Gasteiger partial charge on any atom is -0.336 e. The van der Waals surface area contributed by atoms with Crippen molar-refractivity contribution in [2.75, 3.05) is 26.2 Å². The summed E-state index contributed by atoms with van der Waals surface area (Å²) in [6, 6.07) is 4.41. The van der Waals surface area contributed by atoms with E-state index >= 15 is 0 Å². The van der Waals surface area contributed by atoms with Crippen LogP contribution in [0, 0.1) is 17.6 Å². The number of fused-ring (bicyclic) bond motifs is 2. The summed E-state index contributed by atoms with van der Waals surface area (Å²) in [6.07, 6.45) is 2.93. The summed E-state index contributed by atoms with van der Waals surface area (Å²) in [5.74, 6) is -1.17. The highest BCUT2D eigenvalue weighted by atomic mass is 19.2. The van der Waals surface area contributed by atoms with E-state index in [0.29, 0.717) is 18.0 Å². The Labute approximate surface area is 151 Å². The van der Waals surface area contributed by atoms with Crippen molar-refractivity contribution in [3.8, 4) is 0 Å². The van der Waals surface area contributed by atoms with Crippen molar-refractivity contribution >= 4 is 5.91 Å². The minimum atomic E-state index is -0.804. The highest BCUT2D eigenvalue weighted by molar-refractivity contribution is 5.83. The van der Waals surface area contributed by atoms with E-state index in [4.69, 9.17) is 0 Å². The fourth-order valence-corrected chi connectivity index (χ4v) is 5.62. The van der Waals surface area contributed by atoms with E-state index in [1.165, 1.54) is 0 Å². The van der Waals surface area contributed by atoms with Gasteiger partial charge in [-0.3, -0.25) is 15.1 Å². The van der Waals surface area contributed by atoms with E-state index in [0.717, 1.165) is 45.0 Å². The number of hydrogen-bond acceptors (Lipinski definition) is 4. The van der Waals surface area contributed by atoms with Gasteiger partial charge in [-0.15, -0.1) is 0 Å². The molecule has 7 heteroatoms. The fraction of sp³-hybridized carbons (Fsp3) is 0.632. The maximum Gasteiger partial charge on any atom is 0.241 e. The van der Waals surface area contributed by atoms with Gasteiger partial charge in [-0.1, -0.05) is 12.1 Å². The van der Waals surface area contributed by atoms with Crippen LogP contribution in [0.2, 0.25) is 0 Å². The Kier molecular flexibility index (Phi) is 3.99. The molecule has 2 bridgehead atoms. The molecule has 140 valence electrons. The molecule has 5 nitrogen and oxygen atoms in total. The molecular formula is C19H24F2N4O. The number of hydrazine groups is 1. The number of nitrogens with one attached hydrogen (secondary N) is 2. The number of nitrogens with zero attached hydrogens (tertiary/aromatic N) is 2. The Balaban J connectivity index is 1.52. The second kappa shape index (κ2) is 6.25. The van der Waals surface area contributed by atoms with Crippen molar-refractivity contribution < 1.29 is 13.6 Å². The van der Waals surface area contributed by atoms with Crippen LogP contribution in [0.4, 0.5) is 8.78 Å². The first-order valence-electron chi connectivity index (χ1n) is 9.62. The quantitative estimate of drug-likeness (QED) is 0.831. The monoisotopic (exact) mass is 362 g/mol. The summed E-state index contributed by atoms with van der Waals surface area (Å²) in [4.78, 5) is 17.5. The normalized spacial score (nSPS) is 38.6. The van der Waals surface area contributed by atoms with Crippen molar-refractivity contribution in [2.24, 2.45) is 5.92 Å². The van der Waals surface area contributed by atoms with Crippen molar-refractivity contribution in [3.63, 3.8) is 0 Å². The van der Waals surface area contributed by atoms with Crippen molar-refractivity contribution in [3.05, 3.63) is 35.4 Å². The van der Waals surface area contributed by atoms with E-state index in [2.05, 4.69) is 15.8 Å². The van der Waals surface area contributed by atoms with Gasteiger partial charge in [-0.05, 0) is 49.9 Å². The molecule has 5 fully saturated rings. The third-order valence-corrected chi connectivity index (χ3v) is 6.79. The van der Waals surface area contributed by atoms with E-state index in [1.54, 1.807) is 12.1 Å². The van der Waals surface area contributed by atoms with Gasteiger partial charge in [0.2, 0.25) is 5.91 Å². The topological polar surface area (TPSA) is 47.6 Å². The summed E-state index contributed by atoms with van der Waals surface area (Å²) >= 11 is 0. The number of hydrogen-bond donors (Lipinski definition) is 2.